The number of benzene rings is 1. The Bertz CT molecular complexity index is 953. The van der Waals surface area contributed by atoms with Gasteiger partial charge in [-0.3, -0.25) is 4.79 Å². The van der Waals surface area contributed by atoms with Gasteiger partial charge in [-0.2, -0.15) is 0 Å². The number of rotatable bonds is 7. The third kappa shape index (κ3) is 3.70. The number of hydrogen-bond acceptors (Lipinski definition) is 4. The van der Waals surface area contributed by atoms with Gasteiger partial charge in [0.15, 0.2) is 0 Å². The Hall–Kier alpha value is -2.76. The van der Waals surface area contributed by atoms with Gasteiger partial charge in [-0.25, -0.2) is 0 Å². The number of H-pyrrole nitrogens is 1. The van der Waals surface area contributed by atoms with E-state index >= 15 is 0 Å². The summed E-state index contributed by atoms with van der Waals surface area (Å²) in [6, 6.07) is 8.07. The summed E-state index contributed by atoms with van der Waals surface area (Å²) >= 11 is 0. The molecule has 3 aromatic rings. The van der Waals surface area contributed by atoms with Crippen LogP contribution in [0.25, 0.3) is 10.9 Å². The highest BCUT2D eigenvalue weighted by Gasteiger charge is 2.44. The minimum atomic E-state index is -0.154. The minimum Gasteiger partial charge on any atom is -0.487 e. The van der Waals surface area contributed by atoms with Crippen molar-refractivity contribution in [3.8, 4) is 5.75 Å². The highest BCUT2D eigenvalue weighted by atomic mass is 16.5. The SMILES string of the molecule is CC(C)c1cc2cc(CNC(=O)C3(C)CC3)[nH]c2cc1OCc1ccon1. The second-order valence-electron chi connectivity index (χ2n) is 7.95. The number of amides is 1. The van der Waals surface area contributed by atoms with Crippen molar-refractivity contribution in [2.75, 3.05) is 0 Å². The average molecular weight is 367 g/mol. The molecule has 2 heterocycles. The molecule has 1 aromatic carbocycles. The first kappa shape index (κ1) is 17.6. The van der Waals surface area contributed by atoms with E-state index in [-0.39, 0.29) is 11.3 Å². The highest BCUT2D eigenvalue weighted by Crippen LogP contribution is 2.45. The summed E-state index contributed by atoms with van der Waals surface area (Å²) in [5.41, 5.74) is 3.74. The molecule has 0 saturated heterocycles. The first-order valence-electron chi connectivity index (χ1n) is 9.40. The van der Waals surface area contributed by atoms with Crippen LogP contribution in [0.2, 0.25) is 0 Å². The molecule has 0 radical (unpaired) electrons. The second kappa shape index (κ2) is 6.76. The largest absolute Gasteiger partial charge is 0.487 e. The molecule has 1 aliphatic rings. The third-order valence-electron chi connectivity index (χ3n) is 5.28. The fourth-order valence-corrected chi connectivity index (χ4v) is 3.18. The fraction of sp³-hybridized carbons (Fsp3) is 0.429. The van der Waals surface area contributed by atoms with Gasteiger partial charge < -0.3 is 19.6 Å². The van der Waals surface area contributed by atoms with Gasteiger partial charge in [0.2, 0.25) is 5.91 Å². The molecular formula is C21H25N3O3. The van der Waals surface area contributed by atoms with Crippen molar-refractivity contribution < 1.29 is 14.1 Å². The summed E-state index contributed by atoms with van der Waals surface area (Å²) in [5, 5.41) is 8.05. The Morgan fingerprint density at radius 3 is 2.85 bits per heavy atom. The van der Waals surface area contributed by atoms with Crippen LogP contribution in [0, 0.1) is 5.41 Å². The maximum Gasteiger partial charge on any atom is 0.226 e. The van der Waals surface area contributed by atoms with Crippen LogP contribution >= 0.6 is 0 Å². The first-order chi connectivity index (χ1) is 12.9. The lowest BCUT2D eigenvalue weighted by Crippen LogP contribution is -2.29. The zero-order valence-corrected chi connectivity index (χ0v) is 16.0. The topological polar surface area (TPSA) is 80.2 Å². The molecule has 6 heteroatoms. The third-order valence-corrected chi connectivity index (χ3v) is 5.28. The van der Waals surface area contributed by atoms with E-state index in [9.17, 15) is 4.79 Å². The molecule has 0 atom stereocenters. The van der Waals surface area contributed by atoms with Crippen molar-refractivity contribution in [2.24, 2.45) is 5.41 Å². The molecule has 0 bridgehead atoms. The number of carbonyl (C=O) groups is 1. The van der Waals surface area contributed by atoms with Gasteiger partial charge in [-0.05, 0) is 36.5 Å². The zero-order chi connectivity index (χ0) is 19.0. The van der Waals surface area contributed by atoms with Crippen molar-refractivity contribution in [3.63, 3.8) is 0 Å². The maximum atomic E-state index is 12.2. The summed E-state index contributed by atoms with van der Waals surface area (Å²) in [7, 11) is 0. The minimum absolute atomic E-state index is 0.139. The van der Waals surface area contributed by atoms with Crippen LogP contribution in [0.15, 0.2) is 35.1 Å². The molecule has 0 spiro atoms. The highest BCUT2D eigenvalue weighted by molar-refractivity contribution is 5.85. The molecule has 0 aliphatic heterocycles. The van der Waals surface area contributed by atoms with E-state index in [1.54, 1.807) is 12.3 Å². The average Bonchev–Trinajstić information content (AvgIpc) is 3.07. The van der Waals surface area contributed by atoms with E-state index in [1.807, 2.05) is 13.0 Å². The van der Waals surface area contributed by atoms with E-state index in [0.29, 0.717) is 19.1 Å². The number of nitrogens with one attached hydrogen (secondary N) is 2. The summed E-state index contributed by atoms with van der Waals surface area (Å²) in [6.07, 6.45) is 3.50. The summed E-state index contributed by atoms with van der Waals surface area (Å²) in [5.74, 6) is 1.30. The molecule has 1 aliphatic carbocycles. The van der Waals surface area contributed by atoms with E-state index in [2.05, 4.69) is 41.4 Å². The number of aromatic nitrogens is 2. The monoisotopic (exact) mass is 367 g/mol. The molecular weight excluding hydrogens is 342 g/mol. The van der Waals surface area contributed by atoms with E-state index in [0.717, 1.165) is 46.4 Å². The van der Waals surface area contributed by atoms with Crippen LogP contribution in [0.3, 0.4) is 0 Å². The second-order valence-corrected chi connectivity index (χ2v) is 7.95. The van der Waals surface area contributed by atoms with E-state index in [4.69, 9.17) is 9.26 Å². The van der Waals surface area contributed by atoms with Gasteiger partial charge in [0.25, 0.3) is 0 Å². The van der Waals surface area contributed by atoms with Gasteiger partial charge in [0.1, 0.15) is 24.3 Å². The Kier molecular flexibility index (Phi) is 4.42. The molecule has 2 aromatic heterocycles. The Morgan fingerprint density at radius 1 is 1.37 bits per heavy atom. The summed E-state index contributed by atoms with van der Waals surface area (Å²) in [4.78, 5) is 15.5. The van der Waals surface area contributed by atoms with Crippen molar-refractivity contribution in [1.29, 1.82) is 0 Å². The number of aromatic amines is 1. The quantitative estimate of drug-likeness (QED) is 0.653. The lowest BCUT2D eigenvalue weighted by atomic mass is 10.0. The number of nitrogens with zero attached hydrogens (tertiary/aromatic N) is 1. The van der Waals surface area contributed by atoms with Crippen LogP contribution < -0.4 is 10.1 Å². The van der Waals surface area contributed by atoms with Crippen molar-refractivity contribution in [2.45, 2.75) is 52.7 Å². The number of ether oxygens (including phenoxy) is 1. The Morgan fingerprint density at radius 2 is 2.19 bits per heavy atom. The van der Waals surface area contributed by atoms with Crippen LogP contribution in [0.5, 0.6) is 5.75 Å². The molecule has 4 rings (SSSR count). The van der Waals surface area contributed by atoms with Crippen molar-refractivity contribution in [3.05, 3.63) is 47.5 Å². The number of hydrogen-bond donors (Lipinski definition) is 2. The Balaban J connectivity index is 1.53. The normalized spacial score (nSPS) is 15.3. The van der Waals surface area contributed by atoms with Gasteiger partial charge in [0.05, 0.1) is 6.54 Å². The summed E-state index contributed by atoms with van der Waals surface area (Å²) in [6.45, 7) is 7.18. The molecule has 2 N–H and O–H groups in total. The summed E-state index contributed by atoms with van der Waals surface area (Å²) < 4.78 is 10.9. The van der Waals surface area contributed by atoms with E-state index < -0.39 is 0 Å². The van der Waals surface area contributed by atoms with E-state index in [1.165, 1.54) is 0 Å². The maximum absolute atomic E-state index is 12.2. The zero-order valence-electron chi connectivity index (χ0n) is 16.0. The van der Waals surface area contributed by atoms with Gasteiger partial charge in [-0.1, -0.05) is 25.9 Å². The lowest BCUT2D eigenvalue weighted by Gasteiger charge is -2.13. The van der Waals surface area contributed by atoms with Crippen LogP contribution in [-0.4, -0.2) is 16.0 Å². The number of fused-ring (bicyclic) bond motifs is 1. The van der Waals surface area contributed by atoms with Crippen molar-refractivity contribution >= 4 is 16.8 Å². The standard InChI is InChI=1S/C21H25N3O3/c1-13(2)17-9-14-8-16(11-22-20(25)21(3)5-6-21)23-18(14)10-19(17)26-12-15-4-7-27-24-15/h4,7-10,13,23H,5-6,11-12H2,1-3H3,(H,22,25). The number of carbonyl (C=O) groups excluding carboxylic acids is 1. The Labute approximate surface area is 158 Å². The molecule has 142 valence electrons. The van der Waals surface area contributed by atoms with Gasteiger partial charge in [0, 0.05) is 34.1 Å². The van der Waals surface area contributed by atoms with Crippen molar-refractivity contribution in [1.82, 2.24) is 15.5 Å². The van der Waals surface area contributed by atoms with Crippen LogP contribution in [0.4, 0.5) is 0 Å². The predicted molar refractivity (Wildman–Crippen MR) is 102 cm³/mol. The van der Waals surface area contributed by atoms with Crippen LogP contribution in [-0.2, 0) is 17.9 Å². The molecule has 1 fully saturated rings. The molecule has 0 unspecified atom stereocenters. The fourth-order valence-electron chi connectivity index (χ4n) is 3.18. The van der Waals surface area contributed by atoms with Crippen LogP contribution in [0.1, 0.15) is 56.5 Å². The molecule has 1 amide bonds. The van der Waals surface area contributed by atoms with Gasteiger partial charge >= 0.3 is 0 Å². The molecule has 1 saturated carbocycles. The van der Waals surface area contributed by atoms with Gasteiger partial charge in [-0.15, -0.1) is 0 Å². The molecule has 27 heavy (non-hydrogen) atoms. The smallest absolute Gasteiger partial charge is 0.226 e. The lowest BCUT2D eigenvalue weighted by molar-refractivity contribution is -0.125. The predicted octanol–water partition coefficient (Wildman–Crippen LogP) is 4.27. The molecule has 6 nitrogen and oxygen atoms in total. The first-order valence-corrected chi connectivity index (χ1v) is 9.40.